The lowest BCUT2D eigenvalue weighted by atomic mass is 10.0. The minimum absolute atomic E-state index is 0.0217. The summed E-state index contributed by atoms with van der Waals surface area (Å²) in [4.78, 5) is 15.2. The highest BCUT2D eigenvalue weighted by molar-refractivity contribution is 7.89. The predicted octanol–water partition coefficient (Wildman–Crippen LogP) is 2.39. The smallest absolute Gasteiger partial charge is 0.252 e. The topological polar surface area (TPSA) is 79.0 Å². The van der Waals surface area contributed by atoms with Gasteiger partial charge >= 0.3 is 0 Å². The van der Waals surface area contributed by atoms with Gasteiger partial charge in [-0.2, -0.15) is 0 Å². The first-order chi connectivity index (χ1) is 14.3. The van der Waals surface area contributed by atoms with Crippen molar-refractivity contribution < 1.29 is 17.9 Å². The largest absolute Gasteiger partial charge is 0.379 e. The Kier molecular flexibility index (Phi) is 7.49. The van der Waals surface area contributed by atoms with E-state index < -0.39 is 15.9 Å². The number of halogens is 1. The van der Waals surface area contributed by atoms with Crippen molar-refractivity contribution >= 4 is 27.5 Å². The molecule has 1 aliphatic rings. The molecule has 9 heteroatoms. The van der Waals surface area contributed by atoms with Crippen LogP contribution < -0.4 is 5.32 Å². The van der Waals surface area contributed by atoms with E-state index >= 15 is 0 Å². The fourth-order valence-electron chi connectivity index (χ4n) is 3.36. The number of rotatable bonds is 7. The van der Waals surface area contributed by atoms with E-state index in [0.29, 0.717) is 19.8 Å². The van der Waals surface area contributed by atoms with Crippen LogP contribution in [-0.4, -0.2) is 70.5 Å². The second kappa shape index (κ2) is 9.89. The Morgan fingerprint density at radius 2 is 1.83 bits per heavy atom. The summed E-state index contributed by atoms with van der Waals surface area (Å²) < 4.78 is 31.4. The van der Waals surface area contributed by atoms with Gasteiger partial charge in [0.1, 0.15) is 0 Å². The number of benzene rings is 2. The molecular weight excluding hydrogens is 426 g/mol. The van der Waals surface area contributed by atoms with Crippen LogP contribution in [0.5, 0.6) is 0 Å². The molecule has 1 atom stereocenters. The second-order valence-corrected chi connectivity index (χ2v) is 9.77. The summed E-state index contributed by atoms with van der Waals surface area (Å²) >= 11 is 6.21. The minimum Gasteiger partial charge on any atom is -0.379 e. The molecule has 2 aromatic carbocycles. The van der Waals surface area contributed by atoms with E-state index in [1.807, 2.05) is 30.3 Å². The van der Waals surface area contributed by atoms with Gasteiger partial charge in [0.15, 0.2) is 0 Å². The predicted molar refractivity (Wildman–Crippen MR) is 116 cm³/mol. The summed E-state index contributed by atoms with van der Waals surface area (Å²) in [6.07, 6.45) is 0. The molecule has 0 radical (unpaired) electrons. The first-order valence-corrected chi connectivity index (χ1v) is 11.5. The molecule has 2 aromatic rings. The summed E-state index contributed by atoms with van der Waals surface area (Å²) in [7, 11) is -0.787. The molecule has 7 nitrogen and oxygen atoms in total. The van der Waals surface area contributed by atoms with Gasteiger partial charge in [-0.3, -0.25) is 9.69 Å². The Morgan fingerprint density at radius 3 is 2.47 bits per heavy atom. The molecule has 1 heterocycles. The van der Waals surface area contributed by atoms with E-state index in [2.05, 4.69) is 10.2 Å². The lowest BCUT2D eigenvalue weighted by molar-refractivity contribution is 0.0162. The standard InChI is InChI=1S/C21H26ClN3O4S/c1-24(2)30(27,28)17-8-9-19(22)18(14-17)21(26)23-15-20(16-6-4-3-5-7-16)25-10-12-29-13-11-25/h3-9,14,20H,10-13,15H2,1-2H3,(H,23,26)/t20-/m1/s1. The number of sulfonamides is 1. The van der Waals surface area contributed by atoms with Gasteiger partial charge in [-0.15, -0.1) is 0 Å². The van der Waals surface area contributed by atoms with Crippen LogP contribution in [0.2, 0.25) is 5.02 Å². The molecular formula is C21H26ClN3O4S. The number of amides is 1. The van der Waals surface area contributed by atoms with Gasteiger partial charge in [-0.05, 0) is 23.8 Å². The monoisotopic (exact) mass is 451 g/mol. The normalized spacial score (nSPS) is 16.4. The lowest BCUT2D eigenvalue weighted by Crippen LogP contribution is -2.43. The molecule has 1 N–H and O–H groups in total. The SMILES string of the molecule is CN(C)S(=O)(=O)c1ccc(Cl)c(C(=O)NC[C@H](c2ccccc2)N2CCOCC2)c1. The number of carbonyl (C=O) groups is 1. The van der Waals surface area contributed by atoms with Crippen molar-refractivity contribution in [2.45, 2.75) is 10.9 Å². The average Bonchev–Trinajstić information content (AvgIpc) is 2.75. The van der Waals surface area contributed by atoms with Crippen molar-refractivity contribution in [1.82, 2.24) is 14.5 Å². The second-order valence-electron chi connectivity index (χ2n) is 7.21. The van der Waals surface area contributed by atoms with Gasteiger partial charge < -0.3 is 10.1 Å². The highest BCUT2D eigenvalue weighted by atomic mass is 35.5. The molecule has 162 valence electrons. The van der Waals surface area contributed by atoms with E-state index in [4.69, 9.17) is 16.3 Å². The number of hydrogen-bond donors (Lipinski definition) is 1. The summed E-state index contributed by atoms with van der Waals surface area (Å²) in [5.41, 5.74) is 1.23. The zero-order valence-corrected chi connectivity index (χ0v) is 18.6. The van der Waals surface area contributed by atoms with Crippen LogP contribution in [0.25, 0.3) is 0 Å². The fourth-order valence-corrected chi connectivity index (χ4v) is 4.49. The molecule has 1 aliphatic heterocycles. The van der Waals surface area contributed by atoms with E-state index in [9.17, 15) is 13.2 Å². The van der Waals surface area contributed by atoms with Crippen molar-refractivity contribution in [1.29, 1.82) is 0 Å². The molecule has 1 amide bonds. The fraction of sp³-hybridized carbons (Fsp3) is 0.381. The molecule has 1 fully saturated rings. The maximum absolute atomic E-state index is 12.9. The molecule has 0 aliphatic carbocycles. The average molecular weight is 452 g/mol. The van der Waals surface area contributed by atoms with Gasteiger partial charge in [-0.1, -0.05) is 41.9 Å². The molecule has 30 heavy (non-hydrogen) atoms. The Bertz CT molecular complexity index is 977. The Labute approximate surface area is 182 Å². The first-order valence-electron chi connectivity index (χ1n) is 9.67. The molecule has 3 rings (SSSR count). The van der Waals surface area contributed by atoms with Crippen LogP contribution in [0.1, 0.15) is 22.0 Å². The summed E-state index contributed by atoms with van der Waals surface area (Å²) in [6, 6.07) is 14.1. The Balaban J connectivity index is 1.80. The number of ether oxygens (including phenoxy) is 1. The number of nitrogens with zero attached hydrogens (tertiary/aromatic N) is 2. The van der Waals surface area contributed by atoms with E-state index in [-0.39, 0.29) is 21.5 Å². The summed E-state index contributed by atoms with van der Waals surface area (Å²) in [5, 5.41) is 3.13. The maximum Gasteiger partial charge on any atom is 0.252 e. The maximum atomic E-state index is 12.9. The number of morpholine rings is 1. The Hall–Kier alpha value is -1.97. The lowest BCUT2D eigenvalue weighted by Gasteiger charge is -2.35. The number of carbonyl (C=O) groups excluding carboxylic acids is 1. The van der Waals surface area contributed by atoms with Gasteiger partial charge in [0.2, 0.25) is 10.0 Å². The van der Waals surface area contributed by atoms with E-state index in [0.717, 1.165) is 23.0 Å². The molecule has 0 saturated carbocycles. The zero-order chi connectivity index (χ0) is 21.7. The molecule has 0 spiro atoms. The highest BCUT2D eigenvalue weighted by Gasteiger charge is 2.25. The summed E-state index contributed by atoms with van der Waals surface area (Å²) in [6.45, 7) is 3.20. The molecule has 0 unspecified atom stereocenters. The highest BCUT2D eigenvalue weighted by Crippen LogP contribution is 2.24. The molecule has 0 bridgehead atoms. The van der Waals surface area contributed by atoms with Crippen molar-refractivity contribution in [3.05, 3.63) is 64.7 Å². The van der Waals surface area contributed by atoms with Crippen molar-refractivity contribution in [2.75, 3.05) is 46.9 Å². The number of hydrogen-bond acceptors (Lipinski definition) is 5. The van der Waals surface area contributed by atoms with Crippen LogP contribution in [0.4, 0.5) is 0 Å². The molecule has 1 saturated heterocycles. The third-order valence-electron chi connectivity index (χ3n) is 5.09. The minimum atomic E-state index is -3.67. The van der Waals surface area contributed by atoms with Gasteiger partial charge in [0.25, 0.3) is 5.91 Å². The number of nitrogens with one attached hydrogen (secondary N) is 1. The van der Waals surface area contributed by atoms with Gasteiger partial charge in [0, 0.05) is 33.7 Å². The van der Waals surface area contributed by atoms with Crippen LogP contribution in [0.15, 0.2) is 53.4 Å². The van der Waals surface area contributed by atoms with Crippen LogP contribution in [0, 0.1) is 0 Å². The third kappa shape index (κ3) is 5.19. The van der Waals surface area contributed by atoms with Crippen molar-refractivity contribution in [3.8, 4) is 0 Å². The van der Waals surface area contributed by atoms with Crippen LogP contribution >= 0.6 is 11.6 Å². The van der Waals surface area contributed by atoms with Crippen molar-refractivity contribution in [3.63, 3.8) is 0 Å². The third-order valence-corrected chi connectivity index (χ3v) is 7.23. The first kappa shape index (κ1) is 22.7. The zero-order valence-electron chi connectivity index (χ0n) is 17.0. The van der Waals surface area contributed by atoms with Gasteiger partial charge in [-0.25, -0.2) is 12.7 Å². The van der Waals surface area contributed by atoms with Gasteiger partial charge in [0.05, 0.1) is 34.7 Å². The van der Waals surface area contributed by atoms with E-state index in [1.165, 1.54) is 32.3 Å². The Morgan fingerprint density at radius 1 is 1.17 bits per heavy atom. The van der Waals surface area contributed by atoms with Crippen molar-refractivity contribution in [2.24, 2.45) is 0 Å². The molecule has 0 aromatic heterocycles. The summed E-state index contributed by atoms with van der Waals surface area (Å²) in [5.74, 6) is -0.412. The van der Waals surface area contributed by atoms with E-state index in [1.54, 1.807) is 0 Å². The van der Waals surface area contributed by atoms with Crippen LogP contribution in [0.3, 0.4) is 0 Å². The quantitative estimate of drug-likeness (QED) is 0.699. The van der Waals surface area contributed by atoms with Crippen LogP contribution in [-0.2, 0) is 14.8 Å².